The smallest absolute Gasteiger partial charge is 0.0551 e. The summed E-state index contributed by atoms with van der Waals surface area (Å²) in [6, 6.07) is 15.2. The van der Waals surface area contributed by atoms with Crippen molar-refractivity contribution in [1.82, 2.24) is 5.32 Å². The van der Waals surface area contributed by atoms with Crippen molar-refractivity contribution in [3.8, 4) is 0 Å². The molecule has 1 nitrogen and oxygen atoms in total. The molecular weight excluding hydrogens is 334 g/mol. The summed E-state index contributed by atoms with van der Waals surface area (Å²) >= 11 is 9.61. The molecule has 0 amide bonds. The van der Waals surface area contributed by atoms with E-state index in [2.05, 4.69) is 58.5 Å². The summed E-state index contributed by atoms with van der Waals surface area (Å²) in [7, 11) is 1.99. The van der Waals surface area contributed by atoms with E-state index in [1.54, 1.807) is 0 Å². The zero-order chi connectivity index (χ0) is 14.5. The van der Waals surface area contributed by atoms with Gasteiger partial charge in [0.25, 0.3) is 0 Å². The monoisotopic (exact) mass is 351 g/mol. The molecule has 106 valence electrons. The van der Waals surface area contributed by atoms with Gasteiger partial charge in [-0.1, -0.05) is 48.9 Å². The van der Waals surface area contributed by atoms with Crippen molar-refractivity contribution < 1.29 is 0 Å². The standard InChI is InChI=1S/C17H19BrClN/c1-3-12-4-6-13(7-5-12)10-17(20-2)14-8-9-15(18)16(19)11-14/h4-9,11,17,20H,3,10H2,1-2H3. The van der Waals surface area contributed by atoms with Crippen LogP contribution in [0.1, 0.15) is 29.7 Å². The number of halogens is 2. The molecule has 2 aromatic carbocycles. The normalized spacial score (nSPS) is 12.4. The van der Waals surface area contributed by atoms with Crippen LogP contribution in [0.2, 0.25) is 5.02 Å². The molecule has 0 aliphatic rings. The highest BCUT2D eigenvalue weighted by molar-refractivity contribution is 9.10. The number of rotatable bonds is 5. The van der Waals surface area contributed by atoms with E-state index in [0.29, 0.717) is 0 Å². The summed E-state index contributed by atoms with van der Waals surface area (Å²) in [6.45, 7) is 2.18. The molecule has 0 saturated heterocycles. The van der Waals surface area contributed by atoms with Gasteiger partial charge in [0.15, 0.2) is 0 Å². The van der Waals surface area contributed by atoms with Crippen molar-refractivity contribution in [2.45, 2.75) is 25.8 Å². The van der Waals surface area contributed by atoms with Gasteiger partial charge in [0, 0.05) is 10.5 Å². The summed E-state index contributed by atoms with van der Waals surface area (Å²) < 4.78 is 0.935. The van der Waals surface area contributed by atoms with Crippen LogP contribution in [0.5, 0.6) is 0 Å². The Hall–Kier alpha value is -0.830. The number of aryl methyl sites for hydroxylation is 1. The third-order valence-electron chi connectivity index (χ3n) is 3.57. The molecule has 0 saturated carbocycles. The molecule has 0 aliphatic carbocycles. The fourth-order valence-electron chi connectivity index (χ4n) is 2.26. The van der Waals surface area contributed by atoms with E-state index in [9.17, 15) is 0 Å². The predicted octanol–water partition coefficient (Wildman–Crippen LogP) is 5.17. The lowest BCUT2D eigenvalue weighted by molar-refractivity contribution is 0.592. The molecule has 20 heavy (non-hydrogen) atoms. The first kappa shape index (κ1) is 15.6. The number of nitrogens with one attached hydrogen (secondary N) is 1. The largest absolute Gasteiger partial charge is 0.313 e. The Morgan fingerprint density at radius 2 is 1.75 bits per heavy atom. The first-order chi connectivity index (χ1) is 9.63. The van der Waals surface area contributed by atoms with Gasteiger partial charge in [-0.25, -0.2) is 0 Å². The number of likely N-dealkylation sites (N-methyl/N-ethyl adjacent to an activating group) is 1. The van der Waals surface area contributed by atoms with Gasteiger partial charge in [0.05, 0.1) is 5.02 Å². The zero-order valence-electron chi connectivity index (χ0n) is 11.8. The molecule has 0 aliphatic heterocycles. The number of hydrogen-bond donors (Lipinski definition) is 1. The van der Waals surface area contributed by atoms with Gasteiger partial charge in [-0.15, -0.1) is 0 Å². The molecule has 0 heterocycles. The molecule has 3 heteroatoms. The van der Waals surface area contributed by atoms with Crippen LogP contribution in [0.4, 0.5) is 0 Å². The SMILES string of the molecule is CCc1ccc(CC(NC)c2ccc(Br)c(Cl)c2)cc1. The average molecular weight is 353 g/mol. The van der Waals surface area contributed by atoms with E-state index in [1.165, 1.54) is 16.7 Å². The van der Waals surface area contributed by atoms with Gasteiger partial charge in [-0.3, -0.25) is 0 Å². The molecular formula is C17H19BrClN. The van der Waals surface area contributed by atoms with Crippen LogP contribution in [0, 0.1) is 0 Å². The molecule has 0 aromatic heterocycles. The summed E-state index contributed by atoms with van der Waals surface area (Å²) in [6.07, 6.45) is 2.04. The second-order valence-electron chi connectivity index (χ2n) is 4.89. The number of hydrogen-bond acceptors (Lipinski definition) is 1. The minimum Gasteiger partial charge on any atom is -0.313 e. The van der Waals surface area contributed by atoms with Gasteiger partial charge >= 0.3 is 0 Å². The maximum atomic E-state index is 6.18. The summed E-state index contributed by atoms with van der Waals surface area (Å²) in [5.41, 5.74) is 3.92. The van der Waals surface area contributed by atoms with Crippen LogP contribution < -0.4 is 5.32 Å². The van der Waals surface area contributed by atoms with Crippen LogP contribution in [-0.2, 0) is 12.8 Å². The lowest BCUT2D eigenvalue weighted by Crippen LogP contribution is -2.18. The highest BCUT2D eigenvalue weighted by atomic mass is 79.9. The molecule has 2 rings (SSSR count). The molecule has 0 spiro atoms. The van der Waals surface area contributed by atoms with Crippen molar-refractivity contribution >= 4 is 27.5 Å². The van der Waals surface area contributed by atoms with Gasteiger partial charge in [-0.2, -0.15) is 0 Å². The van der Waals surface area contributed by atoms with Crippen LogP contribution in [0.3, 0.4) is 0 Å². The maximum Gasteiger partial charge on any atom is 0.0551 e. The summed E-state index contributed by atoms with van der Waals surface area (Å²) in [5, 5.41) is 4.12. The molecule has 1 N–H and O–H groups in total. The molecule has 1 unspecified atom stereocenters. The predicted molar refractivity (Wildman–Crippen MR) is 90.5 cm³/mol. The molecule has 0 fully saturated rings. The molecule has 2 aromatic rings. The first-order valence-electron chi connectivity index (χ1n) is 6.84. The van der Waals surface area contributed by atoms with Crippen molar-refractivity contribution in [3.05, 3.63) is 68.7 Å². The first-order valence-corrected chi connectivity index (χ1v) is 8.01. The van der Waals surface area contributed by atoms with Crippen molar-refractivity contribution in [2.24, 2.45) is 0 Å². The second-order valence-corrected chi connectivity index (χ2v) is 6.15. The Kier molecular flexibility index (Phi) is 5.64. The number of benzene rings is 2. The minimum atomic E-state index is 0.271. The van der Waals surface area contributed by atoms with Gasteiger partial charge in [0.1, 0.15) is 0 Å². The van der Waals surface area contributed by atoms with Crippen molar-refractivity contribution in [3.63, 3.8) is 0 Å². The Balaban J connectivity index is 2.16. The van der Waals surface area contributed by atoms with Crippen molar-refractivity contribution in [1.29, 1.82) is 0 Å². The summed E-state index contributed by atoms with van der Waals surface area (Å²) in [5.74, 6) is 0. The van der Waals surface area contributed by atoms with E-state index < -0.39 is 0 Å². The lowest BCUT2D eigenvalue weighted by Gasteiger charge is -2.17. The molecule has 1 atom stereocenters. The third-order valence-corrected chi connectivity index (χ3v) is 4.80. The quantitative estimate of drug-likeness (QED) is 0.783. The third kappa shape index (κ3) is 3.85. The second kappa shape index (κ2) is 7.26. The Morgan fingerprint density at radius 1 is 1.10 bits per heavy atom. The maximum absolute atomic E-state index is 6.18. The van der Waals surface area contributed by atoms with Gasteiger partial charge in [-0.05, 0) is 64.6 Å². The Morgan fingerprint density at radius 3 is 2.30 bits per heavy atom. The van der Waals surface area contributed by atoms with Gasteiger partial charge in [0.2, 0.25) is 0 Å². The van der Waals surface area contributed by atoms with Crippen LogP contribution in [-0.4, -0.2) is 7.05 Å². The Labute approximate surface area is 134 Å². The highest BCUT2D eigenvalue weighted by Crippen LogP contribution is 2.27. The fraction of sp³-hybridized carbons (Fsp3) is 0.294. The van der Waals surface area contributed by atoms with Gasteiger partial charge < -0.3 is 5.32 Å². The Bertz CT molecular complexity index is 566. The van der Waals surface area contributed by atoms with E-state index in [4.69, 9.17) is 11.6 Å². The topological polar surface area (TPSA) is 12.0 Å². The fourth-order valence-corrected chi connectivity index (χ4v) is 2.70. The van der Waals surface area contributed by atoms with E-state index >= 15 is 0 Å². The van der Waals surface area contributed by atoms with Crippen LogP contribution in [0.25, 0.3) is 0 Å². The van der Waals surface area contributed by atoms with E-state index in [1.807, 2.05) is 19.2 Å². The van der Waals surface area contributed by atoms with Crippen LogP contribution in [0.15, 0.2) is 46.9 Å². The average Bonchev–Trinajstić information content (AvgIpc) is 2.48. The lowest BCUT2D eigenvalue weighted by atomic mass is 9.98. The highest BCUT2D eigenvalue weighted by Gasteiger charge is 2.11. The minimum absolute atomic E-state index is 0.271. The van der Waals surface area contributed by atoms with Crippen molar-refractivity contribution in [2.75, 3.05) is 7.05 Å². The zero-order valence-corrected chi connectivity index (χ0v) is 14.1. The molecule has 0 bridgehead atoms. The molecule has 0 radical (unpaired) electrons. The van der Waals surface area contributed by atoms with E-state index in [0.717, 1.165) is 22.3 Å². The van der Waals surface area contributed by atoms with E-state index in [-0.39, 0.29) is 6.04 Å². The van der Waals surface area contributed by atoms with Crippen LogP contribution >= 0.6 is 27.5 Å². The summed E-state index contributed by atoms with van der Waals surface area (Å²) in [4.78, 5) is 0.